The lowest BCUT2D eigenvalue weighted by molar-refractivity contribution is 0.480. The maximum atomic E-state index is 14.7. The summed E-state index contributed by atoms with van der Waals surface area (Å²) in [6, 6.07) is 5.16. The first kappa shape index (κ1) is 16.3. The van der Waals surface area contributed by atoms with Gasteiger partial charge in [0.05, 0.1) is 10.7 Å². The lowest BCUT2D eigenvalue weighted by Gasteiger charge is -2.37. The van der Waals surface area contributed by atoms with E-state index in [0.717, 1.165) is 36.5 Å². The van der Waals surface area contributed by atoms with Gasteiger partial charge in [-0.05, 0) is 45.2 Å². The van der Waals surface area contributed by atoms with Gasteiger partial charge in [0.2, 0.25) is 5.78 Å². The number of halogens is 2. The normalized spacial score (nSPS) is 18.1. The van der Waals surface area contributed by atoms with Gasteiger partial charge in [0, 0.05) is 36.1 Å². The minimum absolute atomic E-state index is 0.331. The maximum absolute atomic E-state index is 14.7. The fourth-order valence-corrected chi connectivity index (χ4v) is 4.01. The molecule has 1 aromatic carbocycles. The molecule has 130 valence electrons. The number of nitrogens with zero attached hydrogens (tertiary/aromatic N) is 4. The first-order valence-corrected chi connectivity index (χ1v) is 9.00. The molecule has 0 spiro atoms. The zero-order chi connectivity index (χ0) is 17.6. The molecule has 0 saturated carbocycles. The van der Waals surface area contributed by atoms with Crippen molar-refractivity contribution in [2.24, 2.45) is 0 Å². The summed E-state index contributed by atoms with van der Waals surface area (Å²) in [5.74, 6) is 1.23. The molecule has 2 aromatic heterocycles. The second-order valence-corrected chi connectivity index (χ2v) is 7.04. The van der Waals surface area contributed by atoms with E-state index in [1.807, 2.05) is 17.5 Å². The van der Waals surface area contributed by atoms with Crippen LogP contribution in [0.1, 0.15) is 31.9 Å². The van der Waals surface area contributed by atoms with Gasteiger partial charge in [0.25, 0.3) is 0 Å². The van der Waals surface area contributed by atoms with Crippen molar-refractivity contribution in [3.05, 3.63) is 47.1 Å². The van der Waals surface area contributed by atoms with E-state index in [1.165, 1.54) is 12.5 Å². The average molecular weight is 359 g/mol. The number of hydrogen-bond acceptors (Lipinski definition) is 3. The highest BCUT2D eigenvalue weighted by Crippen LogP contribution is 2.40. The van der Waals surface area contributed by atoms with Crippen LogP contribution < -0.4 is 4.90 Å². The number of aryl methyl sites for hydroxylation is 1. The number of anilines is 1. The molecule has 1 unspecified atom stereocenters. The summed E-state index contributed by atoms with van der Waals surface area (Å²) < 4.78 is 16.7. The van der Waals surface area contributed by atoms with Crippen LogP contribution >= 0.6 is 11.6 Å². The second kappa shape index (κ2) is 6.30. The van der Waals surface area contributed by atoms with Crippen LogP contribution in [0, 0.1) is 12.7 Å². The number of rotatable bonds is 2. The number of hydrogen-bond donors (Lipinski definition) is 0. The predicted octanol–water partition coefficient (Wildman–Crippen LogP) is 4.88. The molecule has 3 aromatic rings. The van der Waals surface area contributed by atoms with Gasteiger partial charge in [0.1, 0.15) is 11.6 Å². The molecule has 0 radical (unpaired) electrons. The predicted molar refractivity (Wildman–Crippen MR) is 98.8 cm³/mol. The second-order valence-electron chi connectivity index (χ2n) is 6.63. The molecule has 4 nitrogen and oxygen atoms in total. The lowest BCUT2D eigenvalue weighted by atomic mass is 9.99. The Labute approximate surface area is 151 Å². The summed E-state index contributed by atoms with van der Waals surface area (Å²) in [7, 11) is 0. The summed E-state index contributed by atoms with van der Waals surface area (Å²) in [6.45, 7) is 5.03. The van der Waals surface area contributed by atoms with Gasteiger partial charge in [0.15, 0.2) is 0 Å². The summed E-state index contributed by atoms with van der Waals surface area (Å²) in [6.07, 6.45) is 7.06. The number of piperidine rings is 1. The van der Waals surface area contributed by atoms with Crippen molar-refractivity contribution in [3.8, 4) is 11.1 Å². The molecule has 1 aliphatic rings. The zero-order valence-corrected chi connectivity index (χ0v) is 15.1. The van der Waals surface area contributed by atoms with E-state index in [2.05, 4.69) is 21.8 Å². The number of aromatic nitrogens is 3. The number of imidazole rings is 1. The molecule has 0 N–H and O–H groups in total. The van der Waals surface area contributed by atoms with E-state index in [9.17, 15) is 4.39 Å². The van der Waals surface area contributed by atoms with Crippen LogP contribution in [-0.4, -0.2) is 27.0 Å². The van der Waals surface area contributed by atoms with E-state index in [4.69, 9.17) is 11.6 Å². The molecule has 0 aliphatic carbocycles. The maximum Gasteiger partial charge on any atom is 0.235 e. The van der Waals surface area contributed by atoms with Gasteiger partial charge < -0.3 is 4.90 Å². The van der Waals surface area contributed by atoms with E-state index >= 15 is 0 Å². The van der Waals surface area contributed by atoms with E-state index in [1.54, 1.807) is 18.3 Å². The minimum Gasteiger partial charge on any atom is -0.354 e. The average Bonchev–Trinajstić information content (AvgIpc) is 3.03. The Morgan fingerprint density at radius 1 is 1.24 bits per heavy atom. The van der Waals surface area contributed by atoms with Gasteiger partial charge in [-0.15, -0.1) is 0 Å². The molecule has 1 fully saturated rings. The number of benzene rings is 1. The zero-order valence-electron chi connectivity index (χ0n) is 14.3. The molecule has 6 heteroatoms. The topological polar surface area (TPSA) is 33.4 Å². The van der Waals surface area contributed by atoms with Gasteiger partial charge in [-0.1, -0.05) is 17.7 Å². The van der Waals surface area contributed by atoms with E-state index < -0.39 is 0 Å². The first-order valence-electron chi connectivity index (χ1n) is 8.62. The Balaban J connectivity index is 2.07. The third-order valence-electron chi connectivity index (χ3n) is 4.99. The summed E-state index contributed by atoms with van der Waals surface area (Å²) in [5.41, 5.74) is 1.90. The Morgan fingerprint density at radius 3 is 2.84 bits per heavy atom. The van der Waals surface area contributed by atoms with Crippen LogP contribution in [0.25, 0.3) is 16.9 Å². The molecular weight excluding hydrogens is 339 g/mol. The molecule has 0 amide bonds. The highest BCUT2D eigenvalue weighted by molar-refractivity contribution is 6.33. The smallest absolute Gasteiger partial charge is 0.235 e. The third kappa shape index (κ3) is 2.67. The van der Waals surface area contributed by atoms with Crippen molar-refractivity contribution in [2.45, 2.75) is 39.2 Å². The lowest BCUT2D eigenvalue weighted by Crippen LogP contribution is -2.39. The van der Waals surface area contributed by atoms with Crippen molar-refractivity contribution in [1.29, 1.82) is 0 Å². The highest BCUT2D eigenvalue weighted by Gasteiger charge is 2.28. The third-order valence-corrected chi connectivity index (χ3v) is 5.31. The molecule has 1 saturated heterocycles. The summed E-state index contributed by atoms with van der Waals surface area (Å²) >= 11 is 6.40. The van der Waals surface area contributed by atoms with Crippen LogP contribution in [0.3, 0.4) is 0 Å². The Hall–Kier alpha value is -2.14. The fraction of sp³-hybridized carbons (Fsp3) is 0.368. The molecule has 0 bridgehead atoms. The largest absolute Gasteiger partial charge is 0.354 e. The SMILES string of the molecule is Cc1nc2nccn2c(N2CCCCC2C)c1-c1c(F)cccc1Cl. The Kier molecular flexibility index (Phi) is 4.12. The molecule has 3 heterocycles. The van der Waals surface area contributed by atoms with E-state index in [0.29, 0.717) is 22.4 Å². The van der Waals surface area contributed by atoms with Crippen molar-refractivity contribution < 1.29 is 4.39 Å². The molecule has 4 rings (SSSR count). The van der Waals surface area contributed by atoms with Crippen LogP contribution in [0.15, 0.2) is 30.6 Å². The van der Waals surface area contributed by atoms with Gasteiger partial charge in [-0.3, -0.25) is 4.40 Å². The Morgan fingerprint density at radius 2 is 2.08 bits per heavy atom. The van der Waals surface area contributed by atoms with Gasteiger partial charge in [-0.2, -0.15) is 0 Å². The minimum atomic E-state index is -0.331. The molecule has 1 atom stereocenters. The Bertz CT molecular complexity index is 916. The van der Waals surface area contributed by atoms with Crippen molar-refractivity contribution in [1.82, 2.24) is 14.4 Å². The van der Waals surface area contributed by atoms with Crippen LogP contribution in [0.5, 0.6) is 0 Å². The molecule has 1 aliphatic heterocycles. The summed E-state index contributed by atoms with van der Waals surface area (Å²) in [4.78, 5) is 11.3. The summed E-state index contributed by atoms with van der Waals surface area (Å²) in [5, 5.41) is 0.398. The van der Waals surface area contributed by atoms with Crippen molar-refractivity contribution >= 4 is 23.2 Å². The molecular formula is C19H20ClFN4. The number of fused-ring (bicyclic) bond motifs is 1. The van der Waals surface area contributed by atoms with Crippen molar-refractivity contribution in [3.63, 3.8) is 0 Å². The van der Waals surface area contributed by atoms with Gasteiger partial charge in [-0.25, -0.2) is 14.4 Å². The van der Waals surface area contributed by atoms with Crippen LogP contribution in [0.2, 0.25) is 5.02 Å². The van der Waals surface area contributed by atoms with Crippen LogP contribution in [-0.2, 0) is 0 Å². The monoisotopic (exact) mass is 358 g/mol. The van der Waals surface area contributed by atoms with Crippen molar-refractivity contribution in [2.75, 3.05) is 11.4 Å². The van der Waals surface area contributed by atoms with Gasteiger partial charge >= 0.3 is 0 Å². The fourth-order valence-electron chi connectivity index (χ4n) is 3.76. The quantitative estimate of drug-likeness (QED) is 0.655. The standard InChI is InChI=1S/C19H20ClFN4/c1-12-6-3-4-10-24(12)18-16(17-14(20)7-5-8-15(17)21)13(2)23-19-22-9-11-25(18)19/h5,7-9,11-12H,3-4,6,10H2,1-2H3. The first-order chi connectivity index (χ1) is 12.1. The highest BCUT2D eigenvalue weighted by atomic mass is 35.5. The van der Waals surface area contributed by atoms with E-state index in [-0.39, 0.29) is 5.82 Å². The molecule has 25 heavy (non-hydrogen) atoms. The van der Waals surface area contributed by atoms with Crippen LogP contribution in [0.4, 0.5) is 10.2 Å².